The van der Waals surface area contributed by atoms with Crippen LogP contribution >= 0.6 is 0 Å². The zero-order chi connectivity index (χ0) is 17.1. The predicted octanol–water partition coefficient (Wildman–Crippen LogP) is 1.02. The first-order valence-corrected chi connectivity index (χ1v) is 8.41. The van der Waals surface area contributed by atoms with Gasteiger partial charge in [0.25, 0.3) is 0 Å². The lowest BCUT2D eigenvalue weighted by Gasteiger charge is -2.35. The van der Waals surface area contributed by atoms with Gasteiger partial charge in [0.2, 0.25) is 5.91 Å². The van der Waals surface area contributed by atoms with Crippen LogP contribution in [0.1, 0.15) is 29.8 Å². The molecule has 6 nitrogen and oxygen atoms in total. The van der Waals surface area contributed by atoms with Crippen LogP contribution in [0.15, 0.2) is 0 Å². The number of amides is 1. The maximum atomic E-state index is 12.5. The Morgan fingerprint density at radius 3 is 2.35 bits per heavy atom. The lowest BCUT2D eigenvalue weighted by molar-refractivity contribution is -0.132. The fourth-order valence-corrected chi connectivity index (χ4v) is 3.27. The first-order valence-electron chi connectivity index (χ1n) is 8.41. The number of nitrogens with zero attached hydrogens (tertiary/aromatic N) is 5. The maximum absolute atomic E-state index is 12.5. The molecule has 1 fully saturated rings. The Hall–Kier alpha value is -1.40. The van der Waals surface area contributed by atoms with Crippen LogP contribution < -0.4 is 0 Å². The molecule has 0 atom stereocenters. The molecule has 1 aromatic heterocycles. The van der Waals surface area contributed by atoms with Crippen LogP contribution in [0.3, 0.4) is 0 Å². The summed E-state index contributed by atoms with van der Waals surface area (Å²) in [5, 5.41) is 4.43. The van der Waals surface area contributed by atoms with Crippen LogP contribution in [0.2, 0.25) is 0 Å². The Bertz CT molecular complexity index is 545. The van der Waals surface area contributed by atoms with Crippen molar-refractivity contribution in [2.45, 2.75) is 39.3 Å². The summed E-state index contributed by atoms with van der Waals surface area (Å²) in [6.07, 6.45) is 2.29. The molecule has 0 N–H and O–H groups in total. The fraction of sp³-hybridized carbons (Fsp3) is 0.765. The van der Waals surface area contributed by atoms with Crippen molar-refractivity contribution in [3.05, 3.63) is 17.0 Å². The van der Waals surface area contributed by atoms with Gasteiger partial charge in [-0.3, -0.25) is 14.4 Å². The van der Waals surface area contributed by atoms with Gasteiger partial charge >= 0.3 is 0 Å². The van der Waals surface area contributed by atoms with Crippen LogP contribution in [0.25, 0.3) is 0 Å². The van der Waals surface area contributed by atoms with Gasteiger partial charge in [-0.1, -0.05) is 0 Å². The van der Waals surface area contributed by atoms with Gasteiger partial charge in [-0.15, -0.1) is 0 Å². The third-order valence-electron chi connectivity index (χ3n) is 5.18. The van der Waals surface area contributed by atoms with E-state index in [9.17, 15) is 4.79 Å². The third-order valence-corrected chi connectivity index (χ3v) is 5.18. The summed E-state index contributed by atoms with van der Waals surface area (Å²) in [6.45, 7) is 7.42. The minimum Gasteiger partial charge on any atom is -0.340 e. The molecule has 0 radical (unpaired) electrons. The second kappa shape index (κ2) is 7.45. The van der Waals surface area contributed by atoms with Crippen molar-refractivity contribution in [2.75, 3.05) is 40.8 Å². The molecule has 0 bridgehead atoms. The van der Waals surface area contributed by atoms with Crippen LogP contribution in [-0.4, -0.2) is 77.2 Å². The molecule has 0 unspecified atom stereocenters. The van der Waals surface area contributed by atoms with Crippen molar-refractivity contribution in [1.82, 2.24) is 24.5 Å². The minimum atomic E-state index is 0.175. The molecule has 2 rings (SSSR count). The monoisotopic (exact) mass is 321 g/mol. The summed E-state index contributed by atoms with van der Waals surface area (Å²) in [6, 6.07) is 0.519. The Labute approximate surface area is 140 Å². The van der Waals surface area contributed by atoms with Crippen LogP contribution in [0.5, 0.6) is 0 Å². The number of rotatable bonds is 5. The van der Waals surface area contributed by atoms with Crippen molar-refractivity contribution >= 4 is 5.91 Å². The summed E-state index contributed by atoms with van der Waals surface area (Å²) >= 11 is 0. The number of hydrogen-bond acceptors (Lipinski definition) is 4. The van der Waals surface area contributed by atoms with Crippen molar-refractivity contribution < 1.29 is 4.79 Å². The first kappa shape index (κ1) is 17.9. The molecule has 1 aliphatic rings. The topological polar surface area (TPSA) is 44.6 Å². The largest absolute Gasteiger partial charge is 0.340 e. The van der Waals surface area contributed by atoms with Crippen LogP contribution in [-0.2, 0) is 18.4 Å². The van der Waals surface area contributed by atoms with Gasteiger partial charge in [0.1, 0.15) is 0 Å². The molecule has 1 aliphatic heterocycles. The molecule has 1 amide bonds. The number of hydrogen-bond donors (Lipinski definition) is 0. The molecule has 1 saturated heterocycles. The van der Waals surface area contributed by atoms with Crippen LogP contribution in [0, 0.1) is 13.8 Å². The quantitative estimate of drug-likeness (QED) is 0.812. The molecule has 6 heteroatoms. The van der Waals surface area contributed by atoms with Gasteiger partial charge in [0, 0.05) is 37.9 Å². The SMILES string of the molecule is Cc1nn(C)c(C)c1CN(C)C(=O)CN(C)C1CCN(C)CC1. The maximum Gasteiger partial charge on any atom is 0.236 e. The van der Waals surface area contributed by atoms with E-state index in [1.807, 2.05) is 30.6 Å². The van der Waals surface area contributed by atoms with Gasteiger partial charge in [0.15, 0.2) is 0 Å². The number of carbonyl (C=O) groups excluding carboxylic acids is 1. The van der Waals surface area contributed by atoms with E-state index < -0.39 is 0 Å². The van der Waals surface area contributed by atoms with Gasteiger partial charge in [0.05, 0.1) is 12.2 Å². The summed E-state index contributed by atoms with van der Waals surface area (Å²) in [5.74, 6) is 0.175. The van der Waals surface area contributed by atoms with Crippen molar-refractivity contribution in [3.8, 4) is 0 Å². The van der Waals surface area contributed by atoms with Gasteiger partial charge in [-0.2, -0.15) is 5.10 Å². The van der Waals surface area contributed by atoms with Crippen molar-refractivity contribution in [2.24, 2.45) is 7.05 Å². The zero-order valence-electron chi connectivity index (χ0n) is 15.5. The molecule has 1 aromatic rings. The predicted molar refractivity (Wildman–Crippen MR) is 92.3 cm³/mol. The molecule has 130 valence electrons. The second-order valence-corrected chi connectivity index (χ2v) is 6.97. The van der Waals surface area contributed by atoms with Gasteiger partial charge < -0.3 is 9.80 Å². The molecule has 0 saturated carbocycles. The molecule has 2 heterocycles. The smallest absolute Gasteiger partial charge is 0.236 e. The van der Waals surface area contributed by atoms with E-state index in [-0.39, 0.29) is 5.91 Å². The van der Waals surface area contributed by atoms with Crippen LogP contribution in [0.4, 0.5) is 0 Å². The average Bonchev–Trinajstić information content (AvgIpc) is 2.74. The second-order valence-electron chi connectivity index (χ2n) is 6.97. The Morgan fingerprint density at radius 2 is 1.83 bits per heavy atom. The highest BCUT2D eigenvalue weighted by Crippen LogP contribution is 2.16. The number of likely N-dealkylation sites (N-methyl/N-ethyl adjacent to an activating group) is 2. The summed E-state index contributed by atoms with van der Waals surface area (Å²) in [4.78, 5) is 18.9. The molecule has 23 heavy (non-hydrogen) atoms. The standard InChI is InChI=1S/C17H31N5O/c1-13-16(14(2)22(6)18-13)11-21(5)17(23)12-20(4)15-7-9-19(3)10-8-15/h15H,7-12H2,1-6H3. The number of carbonyl (C=O) groups is 1. The van der Waals surface area contributed by atoms with E-state index >= 15 is 0 Å². The Morgan fingerprint density at radius 1 is 1.22 bits per heavy atom. The van der Waals surface area contributed by atoms with E-state index in [2.05, 4.69) is 35.9 Å². The summed E-state index contributed by atoms with van der Waals surface area (Å²) in [5.41, 5.74) is 3.30. The van der Waals surface area contributed by atoms with E-state index in [1.165, 1.54) is 0 Å². The number of aromatic nitrogens is 2. The highest BCUT2D eigenvalue weighted by molar-refractivity contribution is 5.78. The first-order chi connectivity index (χ1) is 10.8. The number of likely N-dealkylation sites (tertiary alicyclic amines) is 1. The van der Waals surface area contributed by atoms with E-state index in [4.69, 9.17) is 0 Å². The Kier molecular flexibility index (Phi) is 5.81. The molecular formula is C17H31N5O. The molecule has 0 spiro atoms. The Balaban J connectivity index is 1.89. The van der Waals surface area contributed by atoms with Crippen molar-refractivity contribution in [1.29, 1.82) is 0 Å². The van der Waals surface area contributed by atoms with E-state index in [1.54, 1.807) is 0 Å². The molecular weight excluding hydrogens is 290 g/mol. The van der Waals surface area contributed by atoms with E-state index in [0.29, 0.717) is 19.1 Å². The highest BCUT2D eigenvalue weighted by atomic mass is 16.2. The number of aryl methyl sites for hydroxylation is 2. The normalized spacial score (nSPS) is 17.0. The van der Waals surface area contributed by atoms with Crippen molar-refractivity contribution in [3.63, 3.8) is 0 Å². The summed E-state index contributed by atoms with van der Waals surface area (Å²) < 4.78 is 1.88. The average molecular weight is 321 g/mol. The van der Waals surface area contributed by atoms with Gasteiger partial charge in [-0.25, -0.2) is 0 Å². The zero-order valence-corrected chi connectivity index (χ0v) is 15.5. The molecule has 0 aliphatic carbocycles. The third kappa shape index (κ3) is 4.32. The summed E-state index contributed by atoms with van der Waals surface area (Å²) in [7, 11) is 8.06. The molecule has 0 aromatic carbocycles. The fourth-order valence-electron chi connectivity index (χ4n) is 3.27. The minimum absolute atomic E-state index is 0.175. The lowest BCUT2D eigenvalue weighted by atomic mass is 10.0. The van der Waals surface area contributed by atoms with E-state index in [0.717, 1.165) is 42.9 Å². The number of piperidine rings is 1. The lowest BCUT2D eigenvalue weighted by Crippen LogP contribution is -2.46. The van der Waals surface area contributed by atoms with Gasteiger partial charge in [-0.05, 0) is 53.9 Å². The highest BCUT2D eigenvalue weighted by Gasteiger charge is 2.23.